The predicted molar refractivity (Wildman–Crippen MR) is 471 cm³/mol. The lowest BCUT2D eigenvalue weighted by molar-refractivity contribution is -0.138. The van der Waals surface area contributed by atoms with E-state index in [-0.39, 0.29) is 78.9 Å². The minimum Gasteiger partial charge on any atom is -0.507 e. The van der Waals surface area contributed by atoms with Crippen molar-refractivity contribution >= 4 is 139 Å². The number of aryl methyl sites for hydroxylation is 4. The molecule has 9 aromatic carbocycles. The van der Waals surface area contributed by atoms with Crippen molar-refractivity contribution in [1.29, 1.82) is 5.26 Å². The molecule has 0 fully saturated rings. The van der Waals surface area contributed by atoms with Crippen LogP contribution in [0.2, 0.25) is 0 Å². The molecule has 5 N–H and O–H groups in total. The normalized spacial score (nSPS) is 14.0. The number of ketones is 4. The molecule has 0 bridgehead atoms. The van der Waals surface area contributed by atoms with E-state index >= 15 is 0 Å². The number of H-pyrrole nitrogens is 1. The molecule has 4 aliphatic rings. The number of benzene rings is 9. The third kappa shape index (κ3) is 18.5. The molecule has 6 heterocycles. The number of hydrogen-bond donors (Lipinski definition) is 5. The first kappa shape index (κ1) is 88.0. The van der Waals surface area contributed by atoms with Crippen molar-refractivity contribution in [2.45, 2.75) is 97.7 Å². The zero-order valence-electron chi connectivity index (χ0n) is 67.1. The van der Waals surface area contributed by atoms with Gasteiger partial charge in [0.25, 0.3) is 11.5 Å². The summed E-state index contributed by atoms with van der Waals surface area (Å²) in [7, 11) is -2.28. The predicted octanol–water partition coefficient (Wildman–Crippen LogP) is 18.4. The summed E-state index contributed by atoms with van der Waals surface area (Å²) in [5.74, 6) is -1.92. The Hall–Kier alpha value is -13.3. The third-order valence-corrected chi connectivity index (χ3v) is 25.9. The molecule has 5 aromatic heterocycles. The Morgan fingerprint density at radius 3 is 2.04 bits per heavy atom. The summed E-state index contributed by atoms with van der Waals surface area (Å²) < 4.78 is 76.0. The van der Waals surface area contributed by atoms with Crippen LogP contribution in [-0.4, -0.2) is 120 Å². The van der Waals surface area contributed by atoms with Crippen molar-refractivity contribution in [1.82, 2.24) is 34.9 Å². The summed E-state index contributed by atoms with van der Waals surface area (Å²) in [6.07, 6.45) is 1.60. The van der Waals surface area contributed by atoms with Crippen LogP contribution in [0, 0.1) is 25.2 Å². The number of aromatic nitrogens is 7. The maximum absolute atomic E-state index is 13.7. The molecule has 2 atom stereocenters. The molecule has 24 nitrogen and oxygen atoms in total. The van der Waals surface area contributed by atoms with Crippen molar-refractivity contribution in [3.8, 4) is 51.3 Å². The number of nitrogens with zero attached hydrogens (tertiary/aromatic N) is 7. The monoisotopic (exact) mass is 1820 g/mol. The standard InChI is InChI=1S/C22H15F3N2O2S.C20H18BrNO3.C18H16N2O4S2.C17H12N2O2.C16H10N2O4S/c1-13-7-9-14(10-8-13)18-11-17(22(23,24)25)16(12-26)20(27-18)30-19(21(28)29)15-5-3-2-4-6-15;21-15-7-8-17-16(10-15)20(25,19(24)22-17)11-18(23)14-6-5-12-3-1-2-4-13(12)9-14;1-9-13-15(22)19-18(20-16(13)26-14(9)10(2)21)25-8-11-4-6-12(7-5-11)17(23)24-3;1-2-21-10-7-8-13-14(9-10)19-15-11-5-3-4-6-12(11)17(20)16(15)18-13;1-23(21,22)11-6-10(19)12-13-14(17-7-18-15(11)13)8-4-2-3-5-9(8)16(12)20/h2-11,19H,1H3,(H,28,29);5-10,25H,1-4,11H2,(H,22,24);4-7H,8H2,1-3H3,(H,19,20,22);3-9H,2H2,1H3;2-7,19H,1H3. The molecule has 125 heavy (non-hydrogen) atoms. The van der Waals surface area contributed by atoms with Gasteiger partial charge in [-0.1, -0.05) is 172 Å². The van der Waals surface area contributed by atoms with Gasteiger partial charge in [0.1, 0.15) is 50.4 Å². The Labute approximate surface area is 732 Å². The fourth-order valence-corrected chi connectivity index (χ4v) is 18.9. The molecule has 0 saturated carbocycles. The number of fused-ring (bicyclic) bond motifs is 9. The Balaban J connectivity index is 0.000000127. The third-order valence-electron chi connectivity index (χ3n) is 20.8. The number of aromatic hydroxyl groups is 1. The molecule has 32 heteroatoms. The number of phenols is 1. The van der Waals surface area contributed by atoms with Crippen molar-refractivity contribution in [2.75, 3.05) is 25.3 Å². The number of nitrogens with one attached hydrogen (secondary N) is 2. The summed E-state index contributed by atoms with van der Waals surface area (Å²) in [4.78, 5) is 127. The number of sulfone groups is 1. The zero-order valence-corrected chi connectivity index (χ0v) is 71.9. The maximum atomic E-state index is 13.7. The van der Waals surface area contributed by atoms with Gasteiger partial charge in [-0.3, -0.25) is 33.6 Å². The van der Waals surface area contributed by atoms with E-state index < -0.39 is 49.9 Å². The molecule has 0 radical (unpaired) electrons. The molecule has 630 valence electrons. The minimum absolute atomic E-state index is 0.0148. The van der Waals surface area contributed by atoms with Crippen molar-refractivity contribution < 1.29 is 79.9 Å². The number of thiophene rings is 1. The van der Waals surface area contributed by atoms with Gasteiger partial charge in [0.05, 0.1) is 85.5 Å². The highest BCUT2D eigenvalue weighted by Crippen LogP contribution is 2.47. The number of carbonyl (C=O) groups excluding carboxylic acids is 6. The second-order valence-corrected chi connectivity index (χ2v) is 35.1. The fourth-order valence-electron chi connectivity index (χ4n) is 14.7. The summed E-state index contributed by atoms with van der Waals surface area (Å²) in [6, 6.07) is 56.2. The van der Waals surface area contributed by atoms with Crippen LogP contribution < -0.4 is 15.6 Å². The van der Waals surface area contributed by atoms with Gasteiger partial charge in [0.15, 0.2) is 37.9 Å². The molecular weight excluding hydrogens is 1750 g/mol. The van der Waals surface area contributed by atoms with Crippen LogP contribution in [0.1, 0.15) is 151 Å². The molecule has 3 aliphatic carbocycles. The summed E-state index contributed by atoms with van der Waals surface area (Å²) >= 11 is 6.59. The summed E-state index contributed by atoms with van der Waals surface area (Å²) in [5, 5.41) is 42.7. The number of Topliss-reactive ketones (excluding diaryl/α,β-unsaturated/α-hetero) is 2. The smallest absolute Gasteiger partial charge is 0.417 e. The van der Waals surface area contributed by atoms with Gasteiger partial charge in [0, 0.05) is 78.6 Å². The number of carboxylic acids is 1. The lowest BCUT2D eigenvalue weighted by atomic mass is 9.85. The van der Waals surface area contributed by atoms with Gasteiger partial charge in [-0.2, -0.15) is 18.4 Å². The number of carbonyl (C=O) groups is 7. The van der Waals surface area contributed by atoms with Crippen molar-refractivity contribution in [3.05, 3.63) is 304 Å². The van der Waals surface area contributed by atoms with Crippen LogP contribution >= 0.6 is 50.8 Å². The van der Waals surface area contributed by atoms with Crippen LogP contribution in [0.15, 0.2) is 225 Å². The maximum Gasteiger partial charge on any atom is 0.417 e. The number of anilines is 1. The van der Waals surface area contributed by atoms with E-state index in [1.54, 1.807) is 122 Å². The first-order valence-electron chi connectivity index (χ1n) is 38.6. The topological polar surface area (TPSA) is 379 Å². The lowest BCUT2D eigenvalue weighted by Crippen LogP contribution is -2.36. The molecule has 0 spiro atoms. The number of pyridine rings is 1. The van der Waals surface area contributed by atoms with E-state index in [1.807, 2.05) is 86.6 Å². The molecule has 2 unspecified atom stereocenters. The Bertz CT molecular complexity index is 6990. The average molecular weight is 1820 g/mol. The number of halogens is 4. The number of carboxylic acid groups (broad SMARTS) is 1. The Morgan fingerprint density at radius 1 is 0.728 bits per heavy atom. The van der Waals surface area contributed by atoms with E-state index in [0.29, 0.717) is 123 Å². The number of aliphatic hydroxyl groups is 1. The number of hydrogen-bond acceptors (Lipinski definition) is 24. The van der Waals surface area contributed by atoms with Crippen molar-refractivity contribution in [2.24, 2.45) is 0 Å². The lowest BCUT2D eigenvalue weighted by Gasteiger charge is -2.21. The number of ether oxygens (including phenoxy) is 2. The number of esters is 1. The first-order valence-corrected chi connectivity index (χ1v) is 43.9. The van der Waals surface area contributed by atoms with E-state index in [0.717, 1.165) is 70.1 Å². The van der Waals surface area contributed by atoms with Crippen LogP contribution in [-0.2, 0) is 54.5 Å². The van der Waals surface area contributed by atoms with E-state index in [2.05, 4.69) is 60.9 Å². The quantitative estimate of drug-likeness (QED) is 0.0260. The second kappa shape index (κ2) is 36.6. The minimum atomic E-state index is -4.80. The van der Waals surface area contributed by atoms with Crippen LogP contribution in [0.4, 0.5) is 18.9 Å². The number of phenolic OH excluding ortho intramolecular Hbond substituents is 1. The Morgan fingerprint density at radius 2 is 1.38 bits per heavy atom. The van der Waals surface area contributed by atoms with Gasteiger partial charge < -0.3 is 35.1 Å². The number of amides is 1. The molecule has 18 rings (SSSR count). The number of methoxy groups -OCH3 is 1. The van der Waals surface area contributed by atoms with Gasteiger partial charge in [-0.05, 0) is 136 Å². The van der Waals surface area contributed by atoms with Crippen molar-refractivity contribution in [3.63, 3.8) is 0 Å². The highest BCUT2D eigenvalue weighted by atomic mass is 79.9. The number of nitriles is 1. The van der Waals surface area contributed by atoms with Gasteiger partial charge in [-0.15, -0.1) is 11.3 Å². The summed E-state index contributed by atoms with van der Waals surface area (Å²) in [5.41, 5.74) is 9.81. The van der Waals surface area contributed by atoms with Crippen LogP contribution in [0.5, 0.6) is 11.5 Å². The molecule has 14 aromatic rings. The number of aliphatic carboxylic acids is 1. The van der Waals surface area contributed by atoms with Gasteiger partial charge in [-0.25, -0.2) is 43.1 Å². The largest absolute Gasteiger partial charge is 0.507 e. The molecular formula is C93H71BrF3N9O15S4. The highest BCUT2D eigenvalue weighted by molar-refractivity contribution is 9.10. The first-order chi connectivity index (χ1) is 59.7. The molecule has 0 saturated heterocycles. The highest BCUT2D eigenvalue weighted by Gasteiger charge is 2.47. The Kier molecular flexibility index (Phi) is 25.8. The molecule has 1 aliphatic heterocycles. The number of aromatic amines is 1. The fraction of sp³-hybridized carbons (Fsp3) is 0.172. The van der Waals surface area contributed by atoms with Crippen LogP contribution in [0.25, 0.3) is 65.9 Å². The SMILES string of the molecule is CCOc1ccc2nc3c(nc2c1)-c1ccccc1C3=O.COC(=O)c1ccc(CSc2nc3sc(C(C)=O)c(C)c3c(=O)[nH]2)cc1.CS(=O)(=O)c1cc(O)c2c3c(ncnc13)-c1ccccc1C2=O.Cc1ccc(-c2cc(C(F)(F)F)c(C#N)c(SC(C(=O)O)c3ccccc3)n2)cc1.O=C(CC1(O)C(=O)Nc2ccc(Br)cc21)c1ccc2c(c1)CCCC2. The van der Waals surface area contributed by atoms with Crippen LogP contribution in [0.3, 0.4) is 0 Å². The number of alkyl halides is 3. The number of rotatable bonds is 16. The summed E-state index contributed by atoms with van der Waals surface area (Å²) in [6.45, 7) is 7.64. The van der Waals surface area contributed by atoms with E-state index in [9.17, 15) is 80.5 Å². The van der Waals surface area contributed by atoms with E-state index in [4.69, 9.17) is 4.74 Å². The van der Waals surface area contributed by atoms with Gasteiger partial charge >= 0.3 is 18.1 Å². The molecule has 1 amide bonds. The zero-order chi connectivity index (χ0) is 89.1. The number of thioether (sulfide) groups is 2. The average Bonchev–Trinajstić information content (AvgIpc) is 1.60. The van der Waals surface area contributed by atoms with Gasteiger partial charge in [0.2, 0.25) is 5.78 Å². The second-order valence-electron chi connectivity index (χ2n) is 29.1. The van der Waals surface area contributed by atoms with E-state index in [1.165, 1.54) is 61.0 Å².